The standard InChI is InChI=1S/2C26H25N3O4.C22H17FN2O4.C19H21N3O4/c1-2-20-23(27-25(31)22(24(20)30)26(32)33)17-5-10-21-16(15-17)11-14-29(21)19-8-6-18(7-9-19)28-12-3-4-13-28;1-2-20-23(27-25(31)22(24(20)30)26(32)33)17-8-9-21-16(14-17)10-13-29(21)19-7-5-6-18(15-19)28-11-3-4-12-28;1-2-16-19(24-21(27)18(20(16)26)22(28)29)13-3-8-17-12(11-13)9-10-25(17)15-6-4-14(23)5-7-15;1-4-13-16(21-18(24)15(17(13)23)19(25)26)11-6-5-10-7-12(9-22(2)3)20-14(10)8-11/h5-11,14-15H,2-4,12-13H2,1H3,(H,32,33)(H2,27,30,31);5-10,13-15H,2-4,11-12H2,1H3,(H,32,33)(H2,27,30,31);3-11H,2H2,1H3,(H,28,29)(H2,24,26,27);5-8,20H,4,9H2,1-3H3,(H,25,26)(H2,21,23,24). The molecule has 10 heterocycles. The number of nitrogens with zero attached hydrogens (tertiary/aromatic N) is 6. The number of aromatic carboxylic acids is 4. The number of carboxylic acids is 4. The van der Waals surface area contributed by atoms with Crippen molar-refractivity contribution < 1.29 is 64.4 Å². The van der Waals surface area contributed by atoms with E-state index in [9.17, 15) is 78.5 Å². The van der Waals surface area contributed by atoms with Crippen LogP contribution in [0.2, 0.25) is 0 Å². The highest BCUT2D eigenvalue weighted by atomic mass is 19.1. The summed E-state index contributed by atoms with van der Waals surface area (Å²) in [6.07, 6.45) is 12.3. The van der Waals surface area contributed by atoms with Crippen LogP contribution < -0.4 is 32.0 Å². The lowest BCUT2D eigenvalue weighted by molar-refractivity contribution is 0.0680. The quantitative estimate of drug-likeness (QED) is 0.0357. The lowest BCUT2D eigenvalue weighted by Crippen LogP contribution is -2.20. The van der Waals surface area contributed by atoms with Crippen molar-refractivity contribution in [3.05, 3.63) is 286 Å². The maximum Gasteiger partial charge on any atom is 0.345 e. The fraction of sp³-hybridized carbons (Fsp3) is 0.204. The van der Waals surface area contributed by atoms with E-state index in [1.54, 1.807) is 32.0 Å². The number of carbonyl (C=O) groups is 4. The molecule has 27 nitrogen and oxygen atoms in total. The van der Waals surface area contributed by atoms with Crippen molar-refractivity contribution in [3.63, 3.8) is 0 Å². The second-order valence-electron chi connectivity index (χ2n) is 29.9. The first kappa shape index (κ1) is 82.6. The fourth-order valence-electron chi connectivity index (χ4n) is 16.2. The molecule has 0 spiro atoms. The van der Waals surface area contributed by atoms with Crippen LogP contribution in [0.15, 0.2) is 208 Å². The molecule has 15 aromatic rings. The molecule has 0 atom stereocenters. The number of benzene rings is 7. The smallest absolute Gasteiger partial charge is 0.345 e. The van der Waals surface area contributed by atoms with E-state index in [1.807, 2.05) is 136 Å². The molecule has 0 aliphatic carbocycles. The highest BCUT2D eigenvalue weighted by Crippen LogP contribution is 2.39. The van der Waals surface area contributed by atoms with Gasteiger partial charge in [0.05, 0.1) is 39.3 Å². The number of rotatable bonds is 19. The lowest BCUT2D eigenvalue weighted by atomic mass is 9.99. The molecule has 121 heavy (non-hydrogen) atoms. The van der Waals surface area contributed by atoms with Crippen molar-refractivity contribution in [2.75, 3.05) is 50.1 Å². The van der Waals surface area contributed by atoms with E-state index in [-0.39, 0.29) is 5.82 Å². The second-order valence-corrected chi connectivity index (χ2v) is 29.9. The Morgan fingerprint density at radius 1 is 0.364 bits per heavy atom. The fourth-order valence-corrected chi connectivity index (χ4v) is 16.2. The molecule has 7 aromatic carbocycles. The van der Waals surface area contributed by atoms with Gasteiger partial charge in [0.2, 0.25) is 0 Å². The van der Waals surface area contributed by atoms with Crippen molar-refractivity contribution in [3.8, 4) is 85.1 Å². The number of halogens is 1. The molecule has 0 unspecified atom stereocenters. The molecule has 0 radical (unpaired) electrons. The first-order valence-corrected chi connectivity index (χ1v) is 39.6. The monoisotopic (exact) mass is 1630 g/mol. The largest absolute Gasteiger partial charge is 0.506 e. The molecule has 2 fully saturated rings. The van der Waals surface area contributed by atoms with Crippen molar-refractivity contribution >= 4 is 78.9 Å². The molecular weight excluding hydrogens is 1550 g/mol. The number of aromatic hydroxyl groups is 4. The zero-order chi connectivity index (χ0) is 85.9. The van der Waals surface area contributed by atoms with E-state index < -0.39 is 91.4 Å². The van der Waals surface area contributed by atoms with Gasteiger partial charge in [-0.25, -0.2) is 23.6 Å². The van der Waals surface area contributed by atoms with Crippen LogP contribution >= 0.6 is 0 Å². The Hall–Kier alpha value is -14.9. The van der Waals surface area contributed by atoms with Crippen LogP contribution in [0.3, 0.4) is 0 Å². The minimum absolute atomic E-state index is 0.312. The third-order valence-electron chi connectivity index (χ3n) is 22.1. The first-order chi connectivity index (χ1) is 58.2. The van der Waals surface area contributed by atoms with Gasteiger partial charge < -0.3 is 94.2 Å². The Bertz CT molecular complexity index is 6810. The summed E-state index contributed by atoms with van der Waals surface area (Å²) in [5, 5.41) is 82.3. The first-order valence-electron chi connectivity index (χ1n) is 39.6. The van der Waals surface area contributed by atoms with Crippen LogP contribution in [0.1, 0.15) is 123 Å². The number of nitrogens with one attached hydrogen (secondary N) is 5. The van der Waals surface area contributed by atoms with E-state index in [2.05, 4.69) is 103 Å². The molecule has 8 aromatic heterocycles. The minimum Gasteiger partial charge on any atom is -0.506 e. The number of H-pyrrole nitrogens is 5. The molecule has 2 aliphatic heterocycles. The molecular formula is C93H88FN11O16. The van der Waals surface area contributed by atoms with Gasteiger partial charge >= 0.3 is 23.9 Å². The number of hydrogen-bond acceptors (Lipinski definition) is 15. The normalized spacial score (nSPS) is 12.6. The SMILES string of the molecule is CCc1c(-c2ccc3c(ccn3-c3ccc(F)cc3)c2)[nH]c(=O)c(C(=O)O)c1O.CCc1c(-c2ccc3c(ccn3-c3ccc(N4CCCC4)cc3)c2)[nH]c(=O)c(C(=O)O)c1O.CCc1c(-c2ccc3c(ccn3-c3cccc(N4CCCC4)c3)c2)[nH]c(=O)c(C(=O)O)c1O.CCc1c(-c2ccc3cc(CN(C)C)[nH]c3c2)[nH]c(=O)c(C(=O)O)c1O. The average molecular weight is 1630 g/mol. The summed E-state index contributed by atoms with van der Waals surface area (Å²) in [7, 11) is 3.98. The van der Waals surface area contributed by atoms with E-state index in [0.717, 1.165) is 99.1 Å². The van der Waals surface area contributed by atoms with Gasteiger partial charge in [-0.05, 0) is 221 Å². The molecule has 17 rings (SSSR count). The average Bonchev–Trinajstić information content (AvgIpc) is 1.74. The summed E-state index contributed by atoms with van der Waals surface area (Å²) < 4.78 is 19.4. The van der Waals surface area contributed by atoms with Gasteiger partial charge in [-0.3, -0.25) is 19.2 Å². The summed E-state index contributed by atoms with van der Waals surface area (Å²) in [5.41, 5.74) is 10.5. The van der Waals surface area contributed by atoms with E-state index >= 15 is 0 Å². The van der Waals surface area contributed by atoms with Crippen LogP contribution in [0.5, 0.6) is 23.0 Å². The third-order valence-corrected chi connectivity index (χ3v) is 22.1. The predicted molar refractivity (Wildman–Crippen MR) is 465 cm³/mol. The van der Waals surface area contributed by atoms with Crippen molar-refractivity contribution in [1.29, 1.82) is 0 Å². The van der Waals surface area contributed by atoms with E-state index in [4.69, 9.17) is 5.11 Å². The summed E-state index contributed by atoms with van der Waals surface area (Å²) >= 11 is 0. The van der Waals surface area contributed by atoms with Crippen LogP contribution in [0.25, 0.3) is 106 Å². The van der Waals surface area contributed by atoms with Crippen LogP contribution in [0, 0.1) is 5.82 Å². The second kappa shape index (κ2) is 34.7. The van der Waals surface area contributed by atoms with Gasteiger partial charge in [0.1, 0.15) is 28.8 Å². The zero-order valence-corrected chi connectivity index (χ0v) is 67.0. The topological polar surface area (TPSA) is 402 Å². The predicted octanol–water partition coefficient (Wildman–Crippen LogP) is 15.7. The number of hydrogen-bond donors (Lipinski definition) is 13. The Morgan fingerprint density at radius 2 is 0.686 bits per heavy atom. The summed E-state index contributed by atoms with van der Waals surface area (Å²) in [5.74, 6) is -8.05. The highest BCUT2D eigenvalue weighted by Gasteiger charge is 2.28. The van der Waals surface area contributed by atoms with Gasteiger partial charge in [0, 0.05) is 135 Å². The van der Waals surface area contributed by atoms with Gasteiger partial charge in [0.15, 0.2) is 22.3 Å². The molecule has 618 valence electrons. The molecule has 2 saturated heterocycles. The number of fused-ring (bicyclic) bond motifs is 4. The summed E-state index contributed by atoms with van der Waals surface area (Å²) in [6, 6.07) is 53.9. The molecule has 28 heteroatoms. The zero-order valence-electron chi connectivity index (χ0n) is 67.0. The van der Waals surface area contributed by atoms with Gasteiger partial charge in [-0.15, -0.1) is 0 Å². The molecule has 13 N–H and O–H groups in total. The molecule has 0 bridgehead atoms. The third kappa shape index (κ3) is 16.5. The molecule has 0 amide bonds. The van der Waals surface area contributed by atoms with Crippen LogP contribution in [0.4, 0.5) is 15.8 Å². The lowest BCUT2D eigenvalue weighted by Gasteiger charge is -2.19. The van der Waals surface area contributed by atoms with Crippen molar-refractivity contribution in [2.45, 2.75) is 85.6 Å². The van der Waals surface area contributed by atoms with Gasteiger partial charge in [-0.1, -0.05) is 64.1 Å². The maximum absolute atomic E-state index is 13.2. The van der Waals surface area contributed by atoms with Gasteiger partial charge in [-0.2, -0.15) is 0 Å². The van der Waals surface area contributed by atoms with E-state index in [0.29, 0.717) is 93.0 Å². The molecule has 2 aliphatic rings. The highest BCUT2D eigenvalue weighted by molar-refractivity contribution is 5.97. The van der Waals surface area contributed by atoms with Gasteiger partial charge in [0.25, 0.3) is 22.2 Å². The van der Waals surface area contributed by atoms with Crippen LogP contribution in [-0.2, 0) is 32.2 Å². The Morgan fingerprint density at radius 3 is 1.04 bits per heavy atom. The van der Waals surface area contributed by atoms with Crippen molar-refractivity contribution in [2.24, 2.45) is 0 Å². The van der Waals surface area contributed by atoms with Crippen LogP contribution in [-0.4, -0.2) is 149 Å². The number of anilines is 2. The van der Waals surface area contributed by atoms with Crippen molar-refractivity contribution in [1.82, 2.24) is 43.5 Å². The Balaban J connectivity index is 0.000000133. The number of aromatic amines is 5. The molecule has 0 saturated carbocycles. The number of pyridine rings is 4. The summed E-state index contributed by atoms with van der Waals surface area (Å²) in [4.78, 5) is 115. The minimum atomic E-state index is -1.48. The number of carboxylic acid groups (broad SMARTS) is 4. The van der Waals surface area contributed by atoms with E-state index in [1.165, 1.54) is 49.2 Å². The Labute approximate surface area is 690 Å². The Kier molecular flexibility index (Phi) is 23.7. The number of aromatic nitrogens is 8. The summed E-state index contributed by atoms with van der Waals surface area (Å²) in [6.45, 7) is 12.4. The maximum atomic E-state index is 13.2.